The Labute approximate surface area is 103 Å². The van der Waals surface area contributed by atoms with E-state index in [4.69, 9.17) is 0 Å². The molecule has 0 bridgehead atoms. The molecule has 0 aromatic carbocycles. The molecule has 1 saturated heterocycles. The van der Waals surface area contributed by atoms with Crippen molar-refractivity contribution in [3.63, 3.8) is 0 Å². The maximum atomic E-state index is 11.9. The molecule has 18 heavy (non-hydrogen) atoms. The van der Waals surface area contributed by atoms with Crippen LogP contribution >= 0.6 is 0 Å². The Morgan fingerprint density at radius 1 is 1.44 bits per heavy atom. The van der Waals surface area contributed by atoms with Crippen molar-refractivity contribution in [3.8, 4) is 0 Å². The third kappa shape index (κ3) is 5.21. The summed E-state index contributed by atoms with van der Waals surface area (Å²) in [5.74, 6) is -0.831. The number of carbonyl (C=O) groups excluding carboxylic acids is 1. The summed E-state index contributed by atoms with van der Waals surface area (Å²) in [6.07, 6.45) is -4.08. The third-order valence-electron chi connectivity index (χ3n) is 2.57. The zero-order valence-corrected chi connectivity index (χ0v) is 10.6. The van der Waals surface area contributed by atoms with Crippen LogP contribution in [0.2, 0.25) is 0 Å². The zero-order valence-electron chi connectivity index (χ0n) is 9.75. The fraction of sp³-hybridized carbons (Fsp3) is 0.889. The Morgan fingerprint density at radius 2 is 2.06 bits per heavy atom. The molecule has 1 aliphatic rings. The molecule has 1 amide bonds. The van der Waals surface area contributed by atoms with Crippen molar-refractivity contribution in [3.05, 3.63) is 0 Å². The van der Waals surface area contributed by atoms with Crippen LogP contribution in [0.5, 0.6) is 0 Å². The van der Waals surface area contributed by atoms with Crippen LogP contribution in [0.25, 0.3) is 0 Å². The standard InChI is InChI=1S/C9H15F3N2O3S/c1-6(8(15)13-5-9(10,11)12)14-7-2-3-18(16,17)4-7/h6-7,14H,2-5H2,1H3,(H,13,15). The molecule has 1 fully saturated rings. The first kappa shape index (κ1) is 15.2. The van der Waals surface area contributed by atoms with Gasteiger partial charge in [0.15, 0.2) is 9.84 Å². The summed E-state index contributed by atoms with van der Waals surface area (Å²) < 4.78 is 57.9. The van der Waals surface area contributed by atoms with Crippen LogP contribution < -0.4 is 10.6 Å². The van der Waals surface area contributed by atoms with Gasteiger partial charge in [-0.1, -0.05) is 0 Å². The molecule has 1 heterocycles. The van der Waals surface area contributed by atoms with E-state index in [1.54, 1.807) is 5.32 Å². The lowest BCUT2D eigenvalue weighted by Crippen LogP contribution is -2.48. The number of rotatable bonds is 4. The minimum atomic E-state index is -4.45. The Morgan fingerprint density at radius 3 is 2.50 bits per heavy atom. The van der Waals surface area contributed by atoms with Gasteiger partial charge in [-0.2, -0.15) is 13.2 Å². The van der Waals surface area contributed by atoms with Crippen LogP contribution in [0.4, 0.5) is 13.2 Å². The first-order valence-electron chi connectivity index (χ1n) is 5.40. The predicted molar refractivity (Wildman–Crippen MR) is 58.7 cm³/mol. The molecular weight excluding hydrogens is 273 g/mol. The maximum Gasteiger partial charge on any atom is 0.405 e. The number of halogens is 3. The van der Waals surface area contributed by atoms with E-state index in [2.05, 4.69) is 5.32 Å². The van der Waals surface area contributed by atoms with Crippen molar-refractivity contribution in [2.75, 3.05) is 18.1 Å². The van der Waals surface area contributed by atoms with Gasteiger partial charge >= 0.3 is 6.18 Å². The van der Waals surface area contributed by atoms with Crippen LogP contribution in [0.1, 0.15) is 13.3 Å². The molecule has 0 radical (unpaired) electrons. The largest absolute Gasteiger partial charge is 0.405 e. The van der Waals surface area contributed by atoms with Gasteiger partial charge in [0.05, 0.1) is 17.5 Å². The van der Waals surface area contributed by atoms with Gasteiger partial charge in [0.2, 0.25) is 5.91 Å². The van der Waals surface area contributed by atoms with Gasteiger partial charge < -0.3 is 10.6 Å². The number of sulfone groups is 1. The number of hydrogen-bond donors (Lipinski definition) is 2. The van der Waals surface area contributed by atoms with E-state index < -0.39 is 34.5 Å². The summed E-state index contributed by atoms with van der Waals surface area (Å²) in [6.45, 7) is 0.0114. The second-order valence-electron chi connectivity index (χ2n) is 4.32. The molecule has 0 aromatic rings. The predicted octanol–water partition coefficient (Wildman–Crippen LogP) is -0.170. The number of carbonyl (C=O) groups is 1. The second kappa shape index (κ2) is 5.43. The van der Waals surface area contributed by atoms with Gasteiger partial charge in [-0.25, -0.2) is 8.42 Å². The fourth-order valence-corrected chi connectivity index (χ4v) is 3.38. The van der Waals surface area contributed by atoms with Gasteiger partial charge in [0.25, 0.3) is 0 Å². The number of nitrogens with one attached hydrogen (secondary N) is 2. The monoisotopic (exact) mass is 288 g/mol. The van der Waals surface area contributed by atoms with Crippen molar-refractivity contribution in [2.24, 2.45) is 0 Å². The van der Waals surface area contributed by atoms with E-state index in [0.29, 0.717) is 6.42 Å². The molecule has 0 saturated carbocycles. The molecule has 1 rings (SSSR count). The van der Waals surface area contributed by atoms with E-state index in [-0.39, 0.29) is 17.5 Å². The lowest BCUT2D eigenvalue weighted by atomic mass is 10.2. The van der Waals surface area contributed by atoms with Gasteiger partial charge in [-0.3, -0.25) is 4.79 Å². The summed E-state index contributed by atoms with van der Waals surface area (Å²) in [5.41, 5.74) is 0. The minimum Gasteiger partial charge on any atom is -0.346 e. The van der Waals surface area contributed by atoms with Crippen molar-refractivity contribution in [1.82, 2.24) is 10.6 Å². The molecule has 106 valence electrons. The quantitative estimate of drug-likeness (QED) is 0.753. The minimum absolute atomic E-state index is 0.0432. The Kier molecular flexibility index (Phi) is 4.60. The van der Waals surface area contributed by atoms with Crippen LogP contribution in [0, 0.1) is 0 Å². The average molecular weight is 288 g/mol. The van der Waals surface area contributed by atoms with Gasteiger partial charge in [-0.05, 0) is 13.3 Å². The lowest BCUT2D eigenvalue weighted by Gasteiger charge is -2.18. The molecule has 2 atom stereocenters. The van der Waals surface area contributed by atoms with E-state index in [1.165, 1.54) is 6.92 Å². The molecule has 1 aliphatic heterocycles. The molecule has 0 aromatic heterocycles. The van der Waals surface area contributed by atoms with Gasteiger partial charge in [-0.15, -0.1) is 0 Å². The summed E-state index contributed by atoms with van der Waals surface area (Å²) >= 11 is 0. The number of alkyl halides is 3. The van der Waals surface area contributed by atoms with Crippen LogP contribution in [0.15, 0.2) is 0 Å². The summed E-state index contributed by atoms with van der Waals surface area (Å²) in [5, 5.41) is 4.45. The third-order valence-corrected chi connectivity index (χ3v) is 4.34. The molecule has 0 aliphatic carbocycles. The molecule has 5 nitrogen and oxygen atoms in total. The molecule has 2 N–H and O–H groups in total. The summed E-state index contributed by atoms with van der Waals surface area (Å²) in [6, 6.07) is -1.23. The fourth-order valence-electron chi connectivity index (χ4n) is 1.70. The molecular formula is C9H15F3N2O3S. The number of hydrogen-bond acceptors (Lipinski definition) is 4. The maximum absolute atomic E-state index is 11.9. The lowest BCUT2D eigenvalue weighted by molar-refractivity contribution is -0.139. The topological polar surface area (TPSA) is 75.3 Å². The van der Waals surface area contributed by atoms with Crippen molar-refractivity contribution < 1.29 is 26.4 Å². The molecule has 2 unspecified atom stereocenters. The van der Waals surface area contributed by atoms with Crippen LogP contribution in [0.3, 0.4) is 0 Å². The van der Waals surface area contributed by atoms with E-state index in [0.717, 1.165) is 0 Å². The zero-order chi connectivity index (χ0) is 14.0. The average Bonchev–Trinajstić information content (AvgIpc) is 2.53. The Hall–Kier alpha value is -0.830. The smallest absolute Gasteiger partial charge is 0.346 e. The Bertz CT molecular complexity index is 408. The first-order valence-corrected chi connectivity index (χ1v) is 7.22. The Balaban J connectivity index is 2.37. The van der Waals surface area contributed by atoms with Crippen molar-refractivity contribution in [1.29, 1.82) is 0 Å². The van der Waals surface area contributed by atoms with Gasteiger partial charge in [0, 0.05) is 6.04 Å². The van der Waals surface area contributed by atoms with Crippen molar-refractivity contribution >= 4 is 15.7 Å². The summed E-state index contributed by atoms with van der Waals surface area (Å²) in [7, 11) is -3.08. The van der Waals surface area contributed by atoms with E-state index in [1.807, 2.05) is 0 Å². The highest BCUT2D eigenvalue weighted by Gasteiger charge is 2.31. The van der Waals surface area contributed by atoms with Crippen molar-refractivity contribution in [2.45, 2.75) is 31.6 Å². The van der Waals surface area contributed by atoms with Gasteiger partial charge in [0.1, 0.15) is 6.54 Å². The molecule has 0 spiro atoms. The molecule has 9 heteroatoms. The van der Waals surface area contributed by atoms with Crippen LogP contribution in [-0.2, 0) is 14.6 Å². The highest BCUT2D eigenvalue weighted by molar-refractivity contribution is 7.91. The number of amides is 1. The first-order chi connectivity index (χ1) is 8.09. The SMILES string of the molecule is CC(NC1CCS(=O)(=O)C1)C(=O)NCC(F)(F)F. The van der Waals surface area contributed by atoms with E-state index >= 15 is 0 Å². The normalized spacial score (nSPS) is 24.8. The summed E-state index contributed by atoms with van der Waals surface area (Å²) in [4.78, 5) is 11.3. The highest BCUT2D eigenvalue weighted by atomic mass is 32.2. The van der Waals surface area contributed by atoms with E-state index in [9.17, 15) is 26.4 Å². The second-order valence-corrected chi connectivity index (χ2v) is 6.55. The van der Waals surface area contributed by atoms with Crippen LogP contribution in [-0.4, -0.2) is 50.6 Å². The highest BCUT2D eigenvalue weighted by Crippen LogP contribution is 2.13.